The molecule has 1 aliphatic heterocycles. The van der Waals surface area contributed by atoms with Gasteiger partial charge >= 0.3 is 6.03 Å². The number of urea groups is 1. The average molecular weight is 360 g/mol. The minimum Gasteiger partial charge on any atom is -0.454 e. The summed E-state index contributed by atoms with van der Waals surface area (Å²) in [4.78, 5) is 24.5. The van der Waals surface area contributed by atoms with Crippen molar-refractivity contribution in [1.82, 2.24) is 5.32 Å². The molecule has 0 bridgehead atoms. The summed E-state index contributed by atoms with van der Waals surface area (Å²) in [5, 5.41) is 8.76. The van der Waals surface area contributed by atoms with Crippen LogP contribution in [-0.2, 0) is 0 Å². The van der Waals surface area contributed by atoms with Gasteiger partial charge in [0.05, 0.1) is 11.3 Å². The minimum atomic E-state index is -0.364. The zero-order valence-corrected chi connectivity index (χ0v) is 14.8. The Labute approximate surface area is 150 Å². The molecule has 2 aromatic carbocycles. The maximum atomic E-state index is 12.5. The number of halogens is 1. The second kappa shape index (κ2) is 6.29. The van der Waals surface area contributed by atoms with Gasteiger partial charge in [0, 0.05) is 16.2 Å². The third-order valence-corrected chi connectivity index (χ3v) is 3.62. The van der Waals surface area contributed by atoms with Crippen LogP contribution in [0.1, 0.15) is 31.1 Å². The van der Waals surface area contributed by atoms with E-state index in [-0.39, 0.29) is 17.5 Å². The van der Waals surface area contributed by atoms with Gasteiger partial charge in [-0.1, -0.05) is 11.6 Å². The number of hydrogen-bond donors (Lipinski definition) is 3. The topological polar surface area (TPSA) is 79.5 Å². The van der Waals surface area contributed by atoms with Crippen LogP contribution in [0.2, 0.25) is 5.02 Å². The van der Waals surface area contributed by atoms with Gasteiger partial charge in [-0.05, 0) is 57.2 Å². The van der Waals surface area contributed by atoms with Crippen molar-refractivity contribution in [3.63, 3.8) is 0 Å². The monoisotopic (exact) mass is 359 g/mol. The SMILES string of the molecule is CC(C)(C)NC(=O)Nc1ccc2c(c1)C(=O)Nc1cc(Cl)ccc1O2. The highest BCUT2D eigenvalue weighted by molar-refractivity contribution is 6.31. The van der Waals surface area contributed by atoms with Crippen LogP contribution in [0, 0.1) is 0 Å². The largest absolute Gasteiger partial charge is 0.454 e. The molecule has 3 rings (SSSR count). The number of rotatable bonds is 1. The van der Waals surface area contributed by atoms with Crippen molar-refractivity contribution >= 4 is 34.9 Å². The summed E-state index contributed by atoms with van der Waals surface area (Å²) in [6.45, 7) is 5.65. The molecule has 3 amide bonds. The zero-order chi connectivity index (χ0) is 18.2. The number of hydrogen-bond acceptors (Lipinski definition) is 3. The normalized spacial score (nSPS) is 12.9. The molecule has 130 valence electrons. The molecule has 0 saturated heterocycles. The van der Waals surface area contributed by atoms with Crippen molar-refractivity contribution in [3.8, 4) is 11.5 Å². The molecule has 0 unspecified atom stereocenters. The first-order chi connectivity index (χ1) is 11.7. The van der Waals surface area contributed by atoms with Crippen molar-refractivity contribution in [3.05, 3.63) is 47.0 Å². The van der Waals surface area contributed by atoms with E-state index in [0.29, 0.717) is 33.5 Å². The maximum absolute atomic E-state index is 12.5. The number of nitrogens with one attached hydrogen (secondary N) is 3. The lowest BCUT2D eigenvalue weighted by molar-refractivity contribution is 0.102. The predicted molar refractivity (Wildman–Crippen MR) is 97.8 cm³/mol. The van der Waals surface area contributed by atoms with E-state index >= 15 is 0 Å². The molecule has 1 aliphatic rings. The number of benzene rings is 2. The lowest BCUT2D eigenvalue weighted by Gasteiger charge is -2.21. The van der Waals surface area contributed by atoms with E-state index in [1.54, 1.807) is 36.4 Å². The Balaban J connectivity index is 1.86. The van der Waals surface area contributed by atoms with Crippen molar-refractivity contribution in [1.29, 1.82) is 0 Å². The molecule has 0 spiro atoms. The van der Waals surface area contributed by atoms with Crippen LogP contribution in [0.25, 0.3) is 0 Å². The van der Waals surface area contributed by atoms with Gasteiger partial charge in [-0.3, -0.25) is 4.79 Å². The highest BCUT2D eigenvalue weighted by atomic mass is 35.5. The zero-order valence-electron chi connectivity index (χ0n) is 14.1. The van der Waals surface area contributed by atoms with E-state index in [9.17, 15) is 9.59 Å². The summed E-state index contributed by atoms with van der Waals surface area (Å²) in [7, 11) is 0. The third kappa shape index (κ3) is 4.03. The Bertz CT molecular complexity index is 859. The first-order valence-electron chi connectivity index (χ1n) is 7.73. The Morgan fingerprint density at radius 3 is 2.56 bits per heavy atom. The molecule has 0 aliphatic carbocycles. The van der Waals surface area contributed by atoms with Crippen LogP contribution in [0.4, 0.5) is 16.2 Å². The predicted octanol–water partition coefficient (Wildman–Crippen LogP) is 4.62. The lowest BCUT2D eigenvalue weighted by Crippen LogP contribution is -2.43. The molecule has 0 saturated carbocycles. The van der Waals surface area contributed by atoms with Gasteiger partial charge in [0.15, 0.2) is 5.75 Å². The number of ether oxygens (including phenoxy) is 1. The Morgan fingerprint density at radius 1 is 1.12 bits per heavy atom. The summed E-state index contributed by atoms with van der Waals surface area (Å²) in [6, 6.07) is 9.54. The van der Waals surface area contributed by atoms with E-state index in [1.165, 1.54) is 0 Å². The molecule has 0 fully saturated rings. The Morgan fingerprint density at radius 2 is 1.84 bits per heavy atom. The average Bonchev–Trinajstić information content (AvgIpc) is 2.61. The van der Waals surface area contributed by atoms with E-state index in [1.807, 2.05) is 20.8 Å². The molecular formula is C18H18ClN3O3. The summed E-state index contributed by atoms with van der Waals surface area (Å²) >= 11 is 5.96. The molecule has 0 radical (unpaired) electrons. The smallest absolute Gasteiger partial charge is 0.319 e. The van der Waals surface area contributed by atoms with Gasteiger partial charge < -0.3 is 20.7 Å². The molecule has 7 heteroatoms. The molecule has 25 heavy (non-hydrogen) atoms. The number of anilines is 2. The second-order valence-electron chi connectivity index (χ2n) is 6.74. The summed E-state index contributed by atoms with van der Waals surface area (Å²) in [5.41, 5.74) is 0.940. The maximum Gasteiger partial charge on any atom is 0.319 e. The molecule has 0 atom stereocenters. The molecule has 6 nitrogen and oxygen atoms in total. The van der Waals surface area contributed by atoms with Gasteiger partial charge in [-0.25, -0.2) is 4.79 Å². The summed E-state index contributed by atoms with van der Waals surface area (Å²) in [5.74, 6) is 0.568. The highest BCUT2D eigenvalue weighted by Gasteiger charge is 2.22. The fourth-order valence-corrected chi connectivity index (χ4v) is 2.55. The van der Waals surface area contributed by atoms with E-state index in [2.05, 4.69) is 16.0 Å². The summed E-state index contributed by atoms with van der Waals surface area (Å²) < 4.78 is 5.80. The molecule has 3 N–H and O–H groups in total. The van der Waals surface area contributed by atoms with Crippen LogP contribution in [-0.4, -0.2) is 17.5 Å². The van der Waals surface area contributed by atoms with E-state index < -0.39 is 0 Å². The van der Waals surface area contributed by atoms with Gasteiger partial charge in [-0.15, -0.1) is 0 Å². The molecule has 1 heterocycles. The number of fused-ring (bicyclic) bond motifs is 2. The van der Waals surface area contributed by atoms with Gasteiger partial charge in [0.25, 0.3) is 5.91 Å². The third-order valence-electron chi connectivity index (χ3n) is 3.38. The number of amides is 3. The van der Waals surface area contributed by atoms with Gasteiger partial charge in [0.2, 0.25) is 0 Å². The highest BCUT2D eigenvalue weighted by Crippen LogP contribution is 2.37. The quantitative estimate of drug-likeness (QED) is 0.695. The first kappa shape index (κ1) is 17.1. The molecule has 2 aromatic rings. The Hall–Kier alpha value is -2.73. The van der Waals surface area contributed by atoms with Crippen molar-refractivity contribution < 1.29 is 14.3 Å². The van der Waals surface area contributed by atoms with Crippen molar-refractivity contribution in [2.24, 2.45) is 0 Å². The fourth-order valence-electron chi connectivity index (χ4n) is 2.37. The number of carbonyl (C=O) groups is 2. The van der Waals surface area contributed by atoms with Crippen LogP contribution < -0.4 is 20.7 Å². The van der Waals surface area contributed by atoms with Crippen molar-refractivity contribution in [2.75, 3.05) is 10.6 Å². The minimum absolute atomic E-state index is 0.320. The molecular weight excluding hydrogens is 342 g/mol. The fraction of sp³-hybridized carbons (Fsp3) is 0.222. The lowest BCUT2D eigenvalue weighted by atomic mass is 10.1. The van der Waals surface area contributed by atoms with Crippen LogP contribution in [0.15, 0.2) is 36.4 Å². The first-order valence-corrected chi connectivity index (χ1v) is 8.11. The van der Waals surface area contributed by atoms with Gasteiger partial charge in [0.1, 0.15) is 5.75 Å². The Kier molecular flexibility index (Phi) is 4.30. The molecule has 0 aromatic heterocycles. The van der Waals surface area contributed by atoms with Gasteiger partial charge in [-0.2, -0.15) is 0 Å². The van der Waals surface area contributed by atoms with Crippen molar-refractivity contribution in [2.45, 2.75) is 26.3 Å². The van der Waals surface area contributed by atoms with Crippen LogP contribution in [0.5, 0.6) is 11.5 Å². The van der Waals surface area contributed by atoms with Crippen LogP contribution in [0.3, 0.4) is 0 Å². The summed E-state index contributed by atoms with van der Waals surface area (Å²) in [6.07, 6.45) is 0. The van der Waals surface area contributed by atoms with E-state index in [4.69, 9.17) is 16.3 Å². The second-order valence-corrected chi connectivity index (χ2v) is 7.17. The van der Waals surface area contributed by atoms with E-state index in [0.717, 1.165) is 0 Å². The standard InChI is InChI=1S/C18H18ClN3O3/c1-18(2,3)22-17(24)20-11-5-7-14-12(9-11)16(23)21-13-8-10(19)4-6-15(13)25-14/h4-9H,1-3H3,(H,21,23)(H2,20,22,24). The number of carbonyl (C=O) groups excluding carboxylic acids is 2. The van der Waals surface area contributed by atoms with Crippen LogP contribution >= 0.6 is 11.6 Å².